The first-order valence-corrected chi connectivity index (χ1v) is 8.94. The van der Waals surface area contributed by atoms with Gasteiger partial charge in [-0.1, -0.05) is 18.2 Å². The maximum Gasteiger partial charge on any atom is 0.417 e. The maximum absolute atomic E-state index is 13.6. The first-order valence-electron chi connectivity index (χ1n) is 8.94. The number of alkyl halides is 3. The predicted molar refractivity (Wildman–Crippen MR) is 97.4 cm³/mol. The molecule has 1 aliphatic rings. The van der Waals surface area contributed by atoms with Gasteiger partial charge in [-0.05, 0) is 37.5 Å². The fourth-order valence-corrected chi connectivity index (χ4v) is 3.69. The van der Waals surface area contributed by atoms with E-state index in [1.807, 2.05) is 0 Å². The van der Waals surface area contributed by atoms with E-state index in [0.29, 0.717) is 18.5 Å². The van der Waals surface area contributed by atoms with Crippen molar-refractivity contribution >= 4 is 22.8 Å². The van der Waals surface area contributed by atoms with Gasteiger partial charge in [-0.25, -0.2) is 4.98 Å². The van der Waals surface area contributed by atoms with Gasteiger partial charge in [0.2, 0.25) is 0 Å². The number of amides is 1. The Morgan fingerprint density at radius 3 is 2.68 bits per heavy atom. The molecule has 0 bridgehead atoms. The van der Waals surface area contributed by atoms with Gasteiger partial charge >= 0.3 is 6.18 Å². The predicted octanol–water partition coefficient (Wildman–Crippen LogP) is 3.93. The number of aromatic amines is 1. The summed E-state index contributed by atoms with van der Waals surface area (Å²) in [7, 11) is 0. The lowest BCUT2D eigenvalue weighted by Crippen LogP contribution is -2.39. The molecule has 1 atom stereocenters. The monoisotopic (exact) mass is 389 g/mol. The standard InChI is InChI=1S/C19H18F3N5O/c20-19(21,22)12-10-13(24-17-15(12)16(23)25-26-17)14-8-4-5-9-27(14)18(28)11-6-2-1-3-7-11/h1-3,6-7,10,14H,4-5,8-9H2,(H3,23,24,25,26)/t14-/m1/s1. The van der Waals surface area contributed by atoms with Crippen LogP contribution in [0, 0.1) is 0 Å². The summed E-state index contributed by atoms with van der Waals surface area (Å²) in [5.74, 6) is -0.399. The summed E-state index contributed by atoms with van der Waals surface area (Å²) in [6.45, 7) is 0.460. The minimum Gasteiger partial charge on any atom is -0.383 e. The van der Waals surface area contributed by atoms with Crippen molar-refractivity contribution < 1.29 is 18.0 Å². The number of halogens is 3. The van der Waals surface area contributed by atoms with Crippen molar-refractivity contribution in [2.75, 3.05) is 12.3 Å². The molecule has 4 rings (SSSR count). The highest BCUT2D eigenvalue weighted by atomic mass is 19.4. The molecule has 0 unspecified atom stereocenters. The van der Waals surface area contributed by atoms with Gasteiger partial charge in [-0.2, -0.15) is 18.3 Å². The Balaban J connectivity index is 1.80. The second-order valence-corrected chi connectivity index (χ2v) is 6.80. The van der Waals surface area contributed by atoms with Gasteiger partial charge in [0.25, 0.3) is 5.91 Å². The molecule has 6 nitrogen and oxygen atoms in total. The van der Waals surface area contributed by atoms with Gasteiger partial charge in [0.15, 0.2) is 5.65 Å². The van der Waals surface area contributed by atoms with Crippen LogP contribution in [-0.4, -0.2) is 32.5 Å². The van der Waals surface area contributed by atoms with Crippen LogP contribution in [0.4, 0.5) is 19.0 Å². The van der Waals surface area contributed by atoms with E-state index in [4.69, 9.17) is 5.73 Å². The number of rotatable bonds is 2. The van der Waals surface area contributed by atoms with E-state index in [1.54, 1.807) is 35.2 Å². The summed E-state index contributed by atoms with van der Waals surface area (Å²) < 4.78 is 40.9. The maximum atomic E-state index is 13.6. The molecule has 1 amide bonds. The molecule has 3 aromatic rings. The van der Waals surface area contributed by atoms with Crippen LogP contribution >= 0.6 is 0 Å². The number of benzene rings is 1. The third kappa shape index (κ3) is 3.17. The molecule has 9 heteroatoms. The number of nitrogens with two attached hydrogens (primary N) is 1. The van der Waals surface area contributed by atoms with Crippen molar-refractivity contribution in [2.24, 2.45) is 0 Å². The van der Waals surface area contributed by atoms with Gasteiger partial charge < -0.3 is 10.6 Å². The smallest absolute Gasteiger partial charge is 0.383 e. The normalized spacial score (nSPS) is 17.8. The first kappa shape index (κ1) is 18.3. The number of anilines is 1. The van der Waals surface area contributed by atoms with Crippen LogP contribution in [0.2, 0.25) is 0 Å². The largest absolute Gasteiger partial charge is 0.417 e. The van der Waals surface area contributed by atoms with Crippen molar-refractivity contribution in [3.05, 3.63) is 53.2 Å². The molecule has 2 aromatic heterocycles. The lowest BCUT2D eigenvalue weighted by atomic mass is 9.96. The van der Waals surface area contributed by atoms with Gasteiger partial charge in [0.1, 0.15) is 5.82 Å². The first-order chi connectivity index (χ1) is 13.4. The summed E-state index contributed by atoms with van der Waals surface area (Å²) in [5, 5.41) is 5.93. The number of nitrogen functional groups attached to an aromatic ring is 1. The topological polar surface area (TPSA) is 87.9 Å². The van der Waals surface area contributed by atoms with Crippen LogP contribution in [0.3, 0.4) is 0 Å². The summed E-state index contributed by atoms with van der Waals surface area (Å²) in [5.41, 5.74) is 5.31. The Kier molecular flexibility index (Phi) is 4.44. The highest BCUT2D eigenvalue weighted by molar-refractivity contribution is 5.94. The number of nitrogens with zero attached hydrogens (tertiary/aromatic N) is 3. The molecule has 3 N–H and O–H groups in total. The Bertz CT molecular complexity index is 1020. The lowest BCUT2D eigenvalue weighted by molar-refractivity contribution is -0.136. The van der Waals surface area contributed by atoms with Gasteiger partial charge in [0.05, 0.1) is 22.7 Å². The minimum atomic E-state index is -4.61. The molecule has 3 heterocycles. The van der Waals surface area contributed by atoms with Crippen molar-refractivity contribution in [1.82, 2.24) is 20.1 Å². The summed E-state index contributed by atoms with van der Waals surface area (Å²) in [4.78, 5) is 18.9. The molecular weight excluding hydrogens is 371 g/mol. The summed E-state index contributed by atoms with van der Waals surface area (Å²) >= 11 is 0. The number of hydrogen-bond acceptors (Lipinski definition) is 4. The Morgan fingerprint density at radius 2 is 1.96 bits per heavy atom. The third-order valence-electron chi connectivity index (χ3n) is 5.00. The van der Waals surface area contributed by atoms with Crippen molar-refractivity contribution in [2.45, 2.75) is 31.5 Å². The van der Waals surface area contributed by atoms with Crippen LogP contribution in [0.25, 0.3) is 11.0 Å². The summed E-state index contributed by atoms with van der Waals surface area (Å²) in [6.07, 6.45) is -2.49. The zero-order chi connectivity index (χ0) is 19.9. The molecule has 0 aliphatic carbocycles. The average molecular weight is 389 g/mol. The zero-order valence-corrected chi connectivity index (χ0v) is 14.8. The Labute approximate surface area is 158 Å². The molecule has 1 aromatic carbocycles. The lowest BCUT2D eigenvalue weighted by Gasteiger charge is -2.35. The van der Waals surface area contributed by atoms with E-state index in [0.717, 1.165) is 18.9 Å². The van der Waals surface area contributed by atoms with E-state index in [9.17, 15) is 18.0 Å². The van der Waals surface area contributed by atoms with Crippen molar-refractivity contribution in [1.29, 1.82) is 0 Å². The number of aromatic nitrogens is 3. The highest BCUT2D eigenvalue weighted by Crippen LogP contribution is 2.39. The molecule has 1 fully saturated rings. The molecular formula is C19H18F3N5O. The van der Waals surface area contributed by atoms with E-state index in [1.165, 1.54) is 0 Å². The van der Waals surface area contributed by atoms with E-state index < -0.39 is 17.8 Å². The number of piperidine rings is 1. The zero-order valence-electron chi connectivity index (χ0n) is 14.8. The van der Waals surface area contributed by atoms with Crippen LogP contribution in [0.5, 0.6) is 0 Å². The Hall–Kier alpha value is -3.10. The van der Waals surface area contributed by atoms with Gasteiger partial charge in [-0.3, -0.25) is 9.89 Å². The number of nitrogens with one attached hydrogen (secondary N) is 1. The third-order valence-corrected chi connectivity index (χ3v) is 5.00. The Morgan fingerprint density at radius 1 is 1.21 bits per heavy atom. The summed E-state index contributed by atoms with van der Waals surface area (Å²) in [6, 6.07) is 9.15. The van der Waals surface area contributed by atoms with Gasteiger partial charge in [0, 0.05) is 12.1 Å². The minimum absolute atomic E-state index is 0.0972. The van der Waals surface area contributed by atoms with Crippen molar-refractivity contribution in [3.63, 3.8) is 0 Å². The molecule has 0 saturated carbocycles. The number of likely N-dealkylation sites (tertiary alicyclic amines) is 1. The fraction of sp³-hybridized carbons (Fsp3) is 0.316. The second kappa shape index (κ2) is 6.81. The number of pyridine rings is 1. The molecule has 1 saturated heterocycles. The van der Waals surface area contributed by atoms with E-state index in [2.05, 4.69) is 15.2 Å². The fourth-order valence-electron chi connectivity index (χ4n) is 3.69. The SMILES string of the molecule is Nc1[nH]nc2nc([C@H]3CCCCN3C(=O)c3ccccc3)cc(C(F)(F)F)c12. The van der Waals surface area contributed by atoms with Crippen molar-refractivity contribution in [3.8, 4) is 0 Å². The number of fused-ring (bicyclic) bond motifs is 1. The van der Waals surface area contributed by atoms with Crippen LogP contribution in [0.15, 0.2) is 36.4 Å². The molecule has 0 spiro atoms. The highest BCUT2D eigenvalue weighted by Gasteiger charge is 2.37. The van der Waals surface area contributed by atoms with Gasteiger partial charge in [-0.15, -0.1) is 0 Å². The average Bonchev–Trinajstić information content (AvgIpc) is 3.07. The number of hydrogen-bond donors (Lipinski definition) is 2. The van der Waals surface area contributed by atoms with Crippen LogP contribution in [0.1, 0.15) is 46.9 Å². The molecule has 1 aliphatic heterocycles. The van der Waals surface area contributed by atoms with E-state index in [-0.39, 0.29) is 28.5 Å². The molecule has 146 valence electrons. The number of H-pyrrole nitrogens is 1. The quantitative estimate of drug-likeness (QED) is 0.695. The van der Waals surface area contributed by atoms with E-state index >= 15 is 0 Å². The number of carbonyl (C=O) groups is 1. The van der Waals surface area contributed by atoms with Crippen LogP contribution in [-0.2, 0) is 6.18 Å². The number of carbonyl (C=O) groups excluding carboxylic acids is 1. The van der Waals surface area contributed by atoms with Crippen LogP contribution < -0.4 is 5.73 Å². The molecule has 0 radical (unpaired) electrons. The molecule has 28 heavy (non-hydrogen) atoms. The second-order valence-electron chi connectivity index (χ2n) is 6.80.